The molecule has 1 aromatic rings. The molecule has 0 radical (unpaired) electrons. The van der Waals surface area contributed by atoms with E-state index in [1.807, 2.05) is 13.8 Å². The fourth-order valence-corrected chi connectivity index (χ4v) is 2.69. The summed E-state index contributed by atoms with van der Waals surface area (Å²) in [5.41, 5.74) is -0.0271. The van der Waals surface area contributed by atoms with Crippen LogP contribution in [0, 0.1) is 29.4 Å². The van der Waals surface area contributed by atoms with Crippen molar-refractivity contribution in [2.45, 2.75) is 32.7 Å². The molecule has 1 amide bonds. The third-order valence-electron chi connectivity index (χ3n) is 3.79. The molecule has 0 aromatic heterocycles. The molecule has 106 valence electrons. The van der Waals surface area contributed by atoms with Gasteiger partial charge < -0.3 is 4.90 Å². The Morgan fingerprint density at radius 1 is 1.35 bits per heavy atom. The van der Waals surface area contributed by atoms with E-state index in [2.05, 4.69) is 5.92 Å². The topological polar surface area (TPSA) is 20.3 Å². The predicted molar refractivity (Wildman–Crippen MR) is 72.7 cm³/mol. The van der Waals surface area contributed by atoms with Gasteiger partial charge in [0.2, 0.25) is 5.91 Å². The molecule has 20 heavy (non-hydrogen) atoms. The molecular formula is C16H17F2NO. The van der Waals surface area contributed by atoms with Crippen LogP contribution in [0.4, 0.5) is 8.78 Å². The minimum absolute atomic E-state index is 0.0728. The van der Waals surface area contributed by atoms with E-state index in [0.717, 1.165) is 6.07 Å². The molecule has 0 aliphatic carbocycles. The number of halogens is 2. The highest BCUT2D eigenvalue weighted by molar-refractivity contribution is 5.83. The summed E-state index contributed by atoms with van der Waals surface area (Å²) in [6.07, 6.45) is 6.62. The number of amides is 1. The van der Waals surface area contributed by atoms with Crippen LogP contribution in [0.2, 0.25) is 0 Å². The molecule has 2 nitrogen and oxygen atoms in total. The Morgan fingerprint density at radius 3 is 2.50 bits per heavy atom. The summed E-state index contributed by atoms with van der Waals surface area (Å²) in [5, 5.41) is 0. The monoisotopic (exact) mass is 277 g/mol. The van der Waals surface area contributed by atoms with E-state index in [-0.39, 0.29) is 18.5 Å². The van der Waals surface area contributed by atoms with Crippen molar-refractivity contribution in [2.75, 3.05) is 6.54 Å². The van der Waals surface area contributed by atoms with E-state index >= 15 is 0 Å². The third-order valence-corrected chi connectivity index (χ3v) is 3.79. The second-order valence-electron chi connectivity index (χ2n) is 5.78. The van der Waals surface area contributed by atoms with Crippen LogP contribution in [0.3, 0.4) is 0 Å². The molecule has 1 heterocycles. The van der Waals surface area contributed by atoms with Gasteiger partial charge in [-0.2, -0.15) is 0 Å². The van der Waals surface area contributed by atoms with Crippen LogP contribution in [0.25, 0.3) is 0 Å². The van der Waals surface area contributed by atoms with Gasteiger partial charge in [0.05, 0.1) is 12.6 Å². The van der Waals surface area contributed by atoms with Gasteiger partial charge in [-0.05, 0) is 30.5 Å². The van der Waals surface area contributed by atoms with Crippen molar-refractivity contribution in [1.29, 1.82) is 0 Å². The van der Waals surface area contributed by atoms with Crippen molar-refractivity contribution in [3.8, 4) is 12.3 Å². The summed E-state index contributed by atoms with van der Waals surface area (Å²) < 4.78 is 26.7. The maximum absolute atomic E-state index is 13.4. The van der Waals surface area contributed by atoms with E-state index in [4.69, 9.17) is 6.42 Å². The van der Waals surface area contributed by atoms with Crippen LogP contribution < -0.4 is 0 Å². The van der Waals surface area contributed by atoms with Gasteiger partial charge in [0.15, 0.2) is 0 Å². The minimum atomic E-state index is -0.641. The first kappa shape index (κ1) is 14.5. The molecule has 0 unspecified atom stereocenters. The van der Waals surface area contributed by atoms with Crippen molar-refractivity contribution in [3.05, 3.63) is 35.4 Å². The zero-order valence-electron chi connectivity index (χ0n) is 11.6. The lowest BCUT2D eigenvalue weighted by Crippen LogP contribution is -2.47. The van der Waals surface area contributed by atoms with E-state index < -0.39 is 17.0 Å². The highest BCUT2D eigenvalue weighted by Crippen LogP contribution is 2.40. The van der Waals surface area contributed by atoms with Gasteiger partial charge in [0, 0.05) is 11.5 Å². The Kier molecular flexibility index (Phi) is 3.80. The maximum atomic E-state index is 13.4. The lowest BCUT2D eigenvalue weighted by Gasteiger charge is -2.42. The van der Waals surface area contributed by atoms with E-state index in [1.54, 1.807) is 0 Å². The smallest absolute Gasteiger partial charge is 0.229 e. The fraction of sp³-hybridized carbons (Fsp3) is 0.438. The molecule has 0 bridgehead atoms. The Labute approximate surface area is 117 Å². The predicted octanol–water partition coefficient (Wildman–Crippen LogP) is 3.29. The second-order valence-corrected chi connectivity index (χ2v) is 5.78. The number of carbonyl (C=O) groups is 1. The van der Waals surface area contributed by atoms with Gasteiger partial charge in [-0.3, -0.25) is 4.79 Å². The van der Waals surface area contributed by atoms with Crippen molar-refractivity contribution in [2.24, 2.45) is 5.41 Å². The standard InChI is InChI=1S/C16H17F2NO/c1-4-7-19-14(5-6-16(2,3)15(19)20)11-8-12(17)10-13(18)9-11/h1,8-10,14H,5-7H2,2-3H3/t14-/m0/s1. The van der Waals surface area contributed by atoms with E-state index in [1.165, 1.54) is 17.0 Å². The Morgan fingerprint density at radius 2 is 1.95 bits per heavy atom. The number of hydrogen-bond donors (Lipinski definition) is 0. The average molecular weight is 277 g/mol. The van der Waals surface area contributed by atoms with Gasteiger partial charge in [0.1, 0.15) is 11.6 Å². The van der Waals surface area contributed by atoms with Gasteiger partial charge in [0.25, 0.3) is 0 Å². The average Bonchev–Trinajstić information content (AvgIpc) is 2.34. The molecule has 4 heteroatoms. The van der Waals surface area contributed by atoms with E-state index in [0.29, 0.717) is 18.4 Å². The highest BCUT2D eigenvalue weighted by Gasteiger charge is 2.40. The lowest BCUT2D eigenvalue weighted by molar-refractivity contribution is -0.147. The molecule has 2 rings (SSSR count). The molecule has 0 N–H and O–H groups in total. The number of likely N-dealkylation sites (tertiary alicyclic amines) is 1. The Balaban J connectivity index is 2.39. The van der Waals surface area contributed by atoms with Gasteiger partial charge >= 0.3 is 0 Å². The molecule has 0 saturated carbocycles. The van der Waals surface area contributed by atoms with Crippen molar-refractivity contribution in [1.82, 2.24) is 4.90 Å². The number of hydrogen-bond acceptors (Lipinski definition) is 1. The fourth-order valence-electron chi connectivity index (χ4n) is 2.69. The molecule has 1 aromatic carbocycles. The van der Waals surface area contributed by atoms with Crippen LogP contribution in [-0.2, 0) is 4.79 Å². The van der Waals surface area contributed by atoms with Crippen LogP contribution in [-0.4, -0.2) is 17.4 Å². The first-order valence-electron chi connectivity index (χ1n) is 6.55. The summed E-state index contributed by atoms with van der Waals surface area (Å²) in [5.74, 6) is 1.10. The van der Waals surface area contributed by atoms with E-state index in [9.17, 15) is 13.6 Å². The molecular weight excluding hydrogens is 260 g/mol. The molecule has 1 saturated heterocycles. The Bertz CT molecular complexity index is 554. The van der Waals surface area contributed by atoms with Crippen molar-refractivity contribution >= 4 is 5.91 Å². The van der Waals surface area contributed by atoms with Crippen LogP contribution >= 0.6 is 0 Å². The van der Waals surface area contributed by atoms with Gasteiger partial charge in [-0.15, -0.1) is 6.42 Å². The van der Waals surface area contributed by atoms with Crippen molar-refractivity contribution in [3.63, 3.8) is 0 Å². The van der Waals surface area contributed by atoms with Crippen LogP contribution in [0.5, 0.6) is 0 Å². The largest absolute Gasteiger partial charge is 0.324 e. The minimum Gasteiger partial charge on any atom is -0.324 e. The quantitative estimate of drug-likeness (QED) is 0.760. The zero-order valence-corrected chi connectivity index (χ0v) is 11.6. The molecule has 1 aliphatic heterocycles. The second kappa shape index (κ2) is 5.24. The number of benzene rings is 1. The number of piperidine rings is 1. The number of rotatable bonds is 2. The first-order chi connectivity index (χ1) is 9.35. The summed E-state index contributed by atoms with van der Waals surface area (Å²) in [6, 6.07) is 2.99. The zero-order chi connectivity index (χ0) is 14.9. The van der Waals surface area contributed by atoms with Crippen LogP contribution in [0.1, 0.15) is 38.3 Å². The third kappa shape index (κ3) is 2.67. The Hall–Kier alpha value is -1.89. The normalized spacial score (nSPS) is 21.6. The highest BCUT2D eigenvalue weighted by atomic mass is 19.1. The SMILES string of the molecule is C#CCN1C(=O)C(C)(C)CC[C@H]1c1cc(F)cc(F)c1. The molecule has 1 atom stereocenters. The summed E-state index contributed by atoms with van der Waals surface area (Å²) >= 11 is 0. The number of terminal acetylenes is 1. The first-order valence-corrected chi connectivity index (χ1v) is 6.55. The maximum Gasteiger partial charge on any atom is 0.229 e. The van der Waals surface area contributed by atoms with Crippen molar-refractivity contribution < 1.29 is 13.6 Å². The summed E-state index contributed by atoms with van der Waals surface area (Å²) in [7, 11) is 0. The lowest BCUT2D eigenvalue weighted by atomic mass is 9.78. The number of nitrogens with zero attached hydrogens (tertiary/aromatic N) is 1. The number of carbonyl (C=O) groups excluding carboxylic acids is 1. The summed E-state index contributed by atoms with van der Waals surface area (Å²) in [6.45, 7) is 3.87. The van der Waals surface area contributed by atoms with Gasteiger partial charge in [-0.1, -0.05) is 19.8 Å². The molecule has 0 spiro atoms. The summed E-state index contributed by atoms with van der Waals surface area (Å²) in [4.78, 5) is 14.0. The molecule has 1 fully saturated rings. The molecule has 1 aliphatic rings. The van der Waals surface area contributed by atoms with Crippen LogP contribution in [0.15, 0.2) is 18.2 Å². The van der Waals surface area contributed by atoms with Gasteiger partial charge in [-0.25, -0.2) is 8.78 Å².